The molecule has 0 aromatic carbocycles. The zero-order valence-electron chi connectivity index (χ0n) is 15.2. The standard InChI is InChI=1S/C19H39NO3/c1-3-15(2)18(22)13-11-9-7-5-4-6-8-10-12-16-19(23)17(14-21)20-16/h15-23H,3-14H2,1-2H3/t15?,16?,17-,18?,19?/m0/s1. The average molecular weight is 330 g/mol. The second-order valence-electron chi connectivity index (χ2n) is 7.41. The van der Waals surface area contributed by atoms with Gasteiger partial charge in [0.2, 0.25) is 0 Å². The molecule has 0 aromatic rings. The van der Waals surface area contributed by atoms with Crippen LogP contribution in [0.3, 0.4) is 0 Å². The van der Waals surface area contributed by atoms with Gasteiger partial charge in [-0.25, -0.2) is 0 Å². The van der Waals surface area contributed by atoms with E-state index in [1.54, 1.807) is 0 Å². The monoisotopic (exact) mass is 329 g/mol. The van der Waals surface area contributed by atoms with Gasteiger partial charge in [0.15, 0.2) is 0 Å². The molecule has 0 spiro atoms. The normalized spacial score (nSPS) is 26.7. The van der Waals surface area contributed by atoms with Gasteiger partial charge in [-0.05, 0) is 18.8 Å². The van der Waals surface area contributed by atoms with Crippen molar-refractivity contribution in [2.45, 2.75) is 109 Å². The lowest BCUT2D eigenvalue weighted by Gasteiger charge is -2.42. The summed E-state index contributed by atoms with van der Waals surface area (Å²) in [7, 11) is 0. The van der Waals surface area contributed by atoms with E-state index in [4.69, 9.17) is 5.11 Å². The smallest absolute Gasteiger partial charge is 0.0868 e. The molecule has 138 valence electrons. The molecular weight excluding hydrogens is 290 g/mol. The van der Waals surface area contributed by atoms with Gasteiger partial charge in [-0.3, -0.25) is 0 Å². The number of rotatable bonds is 14. The van der Waals surface area contributed by atoms with Crippen molar-refractivity contribution in [2.75, 3.05) is 6.61 Å². The molecule has 0 amide bonds. The molecule has 0 radical (unpaired) electrons. The summed E-state index contributed by atoms with van der Waals surface area (Å²) >= 11 is 0. The first kappa shape index (κ1) is 20.9. The number of aliphatic hydroxyl groups is 3. The third-order valence-electron chi connectivity index (χ3n) is 5.52. The molecule has 1 heterocycles. The van der Waals surface area contributed by atoms with E-state index in [1.165, 1.54) is 38.5 Å². The summed E-state index contributed by atoms with van der Waals surface area (Å²) in [6.07, 6.45) is 12.5. The summed E-state index contributed by atoms with van der Waals surface area (Å²) in [6.45, 7) is 4.30. The quantitative estimate of drug-likeness (QED) is 0.370. The lowest BCUT2D eigenvalue weighted by Crippen LogP contribution is -2.66. The highest BCUT2D eigenvalue weighted by Crippen LogP contribution is 2.19. The van der Waals surface area contributed by atoms with Gasteiger partial charge in [0.25, 0.3) is 0 Å². The van der Waals surface area contributed by atoms with Crippen molar-refractivity contribution in [1.29, 1.82) is 0 Å². The molecule has 1 rings (SSSR count). The lowest BCUT2D eigenvalue weighted by atomic mass is 9.89. The second-order valence-corrected chi connectivity index (χ2v) is 7.41. The van der Waals surface area contributed by atoms with Crippen LogP contribution < -0.4 is 5.32 Å². The molecule has 4 N–H and O–H groups in total. The highest BCUT2D eigenvalue weighted by molar-refractivity contribution is 4.97. The van der Waals surface area contributed by atoms with Gasteiger partial charge in [-0.1, -0.05) is 71.6 Å². The molecule has 1 aliphatic rings. The van der Waals surface area contributed by atoms with Gasteiger partial charge in [-0.2, -0.15) is 0 Å². The Morgan fingerprint density at radius 1 is 0.913 bits per heavy atom. The van der Waals surface area contributed by atoms with Crippen molar-refractivity contribution >= 4 is 0 Å². The van der Waals surface area contributed by atoms with Gasteiger partial charge in [0.05, 0.1) is 24.9 Å². The molecule has 4 unspecified atom stereocenters. The van der Waals surface area contributed by atoms with Crippen molar-refractivity contribution in [1.82, 2.24) is 5.32 Å². The zero-order valence-corrected chi connectivity index (χ0v) is 15.2. The molecule has 0 aromatic heterocycles. The highest BCUT2D eigenvalue weighted by Gasteiger charge is 2.37. The van der Waals surface area contributed by atoms with Gasteiger partial charge < -0.3 is 20.6 Å². The average Bonchev–Trinajstić information content (AvgIpc) is 2.56. The molecule has 5 atom stereocenters. The van der Waals surface area contributed by atoms with Crippen molar-refractivity contribution in [3.05, 3.63) is 0 Å². The minimum absolute atomic E-state index is 0.0338. The van der Waals surface area contributed by atoms with Crippen LogP contribution in [0, 0.1) is 5.92 Å². The largest absolute Gasteiger partial charge is 0.395 e. The first-order valence-corrected chi connectivity index (χ1v) is 9.83. The molecule has 23 heavy (non-hydrogen) atoms. The maximum Gasteiger partial charge on any atom is 0.0868 e. The van der Waals surface area contributed by atoms with Crippen LogP contribution in [0.1, 0.15) is 84.5 Å². The van der Waals surface area contributed by atoms with Crippen molar-refractivity contribution in [2.24, 2.45) is 5.92 Å². The van der Waals surface area contributed by atoms with Crippen LogP contribution in [0.5, 0.6) is 0 Å². The van der Waals surface area contributed by atoms with Gasteiger partial charge in [0.1, 0.15) is 0 Å². The van der Waals surface area contributed by atoms with Gasteiger partial charge >= 0.3 is 0 Å². The number of hydrogen-bond acceptors (Lipinski definition) is 4. The number of nitrogens with one attached hydrogen (secondary N) is 1. The van der Waals surface area contributed by atoms with Crippen molar-refractivity contribution < 1.29 is 15.3 Å². The van der Waals surface area contributed by atoms with Crippen LogP contribution in [0.2, 0.25) is 0 Å². The fraction of sp³-hybridized carbons (Fsp3) is 1.00. The van der Waals surface area contributed by atoms with Crippen LogP contribution in [0.25, 0.3) is 0 Å². The maximum absolute atomic E-state index is 9.90. The summed E-state index contributed by atoms with van der Waals surface area (Å²) in [5, 5.41) is 31.8. The Bertz CT molecular complexity index is 288. The van der Waals surface area contributed by atoms with Crippen molar-refractivity contribution in [3.8, 4) is 0 Å². The number of aliphatic hydroxyl groups excluding tert-OH is 3. The zero-order chi connectivity index (χ0) is 17.1. The molecular formula is C19H39NO3. The fourth-order valence-electron chi connectivity index (χ4n) is 3.38. The Kier molecular flexibility index (Phi) is 11.1. The summed E-state index contributed by atoms with van der Waals surface area (Å²) in [5.74, 6) is 0.436. The highest BCUT2D eigenvalue weighted by atomic mass is 16.3. The second kappa shape index (κ2) is 12.2. The minimum Gasteiger partial charge on any atom is -0.395 e. The van der Waals surface area contributed by atoms with Crippen LogP contribution in [-0.2, 0) is 0 Å². The molecule has 1 fully saturated rings. The first-order valence-electron chi connectivity index (χ1n) is 9.83. The summed E-state index contributed by atoms with van der Waals surface area (Å²) < 4.78 is 0. The fourth-order valence-corrected chi connectivity index (χ4v) is 3.38. The minimum atomic E-state index is -0.356. The summed E-state index contributed by atoms with van der Waals surface area (Å²) in [4.78, 5) is 0. The Hall–Kier alpha value is -0.160. The SMILES string of the molecule is CCC(C)C(O)CCCCCCCCCCC1N[C@@H](CO)C1O. The molecule has 0 bridgehead atoms. The van der Waals surface area contributed by atoms with Gasteiger partial charge in [-0.15, -0.1) is 0 Å². The molecule has 1 aliphatic heterocycles. The molecule has 0 aliphatic carbocycles. The van der Waals surface area contributed by atoms with E-state index < -0.39 is 0 Å². The predicted molar refractivity (Wildman–Crippen MR) is 95.4 cm³/mol. The van der Waals surface area contributed by atoms with Crippen LogP contribution >= 0.6 is 0 Å². The van der Waals surface area contributed by atoms with E-state index in [-0.39, 0.29) is 30.9 Å². The van der Waals surface area contributed by atoms with Crippen LogP contribution in [0.4, 0.5) is 0 Å². The first-order chi connectivity index (χ1) is 11.1. The van der Waals surface area contributed by atoms with E-state index >= 15 is 0 Å². The van der Waals surface area contributed by atoms with Crippen LogP contribution in [-0.4, -0.2) is 46.2 Å². The van der Waals surface area contributed by atoms with E-state index in [2.05, 4.69) is 19.2 Å². The van der Waals surface area contributed by atoms with E-state index in [0.717, 1.165) is 32.1 Å². The Labute approximate surface area is 142 Å². The molecule has 4 heteroatoms. The molecule has 1 saturated heterocycles. The van der Waals surface area contributed by atoms with Gasteiger partial charge in [0, 0.05) is 6.04 Å². The Balaban J connectivity index is 1.80. The van der Waals surface area contributed by atoms with E-state index in [1.807, 2.05) is 0 Å². The van der Waals surface area contributed by atoms with Crippen molar-refractivity contribution in [3.63, 3.8) is 0 Å². The molecule has 4 nitrogen and oxygen atoms in total. The third-order valence-corrected chi connectivity index (χ3v) is 5.52. The topological polar surface area (TPSA) is 72.7 Å². The van der Waals surface area contributed by atoms with E-state index in [9.17, 15) is 10.2 Å². The Morgan fingerprint density at radius 3 is 2.00 bits per heavy atom. The lowest BCUT2D eigenvalue weighted by molar-refractivity contribution is -0.0192. The number of unbranched alkanes of at least 4 members (excludes halogenated alkanes) is 7. The Morgan fingerprint density at radius 2 is 1.48 bits per heavy atom. The number of hydrogen-bond donors (Lipinski definition) is 4. The molecule has 0 saturated carbocycles. The third kappa shape index (κ3) is 7.97. The summed E-state index contributed by atoms with van der Waals surface area (Å²) in [5.41, 5.74) is 0. The summed E-state index contributed by atoms with van der Waals surface area (Å²) in [6, 6.07) is 0.0999. The maximum atomic E-state index is 9.90. The predicted octanol–water partition coefficient (Wildman–Crippen LogP) is 2.99. The van der Waals surface area contributed by atoms with E-state index in [0.29, 0.717) is 5.92 Å². The van der Waals surface area contributed by atoms with Crippen LogP contribution in [0.15, 0.2) is 0 Å².